The Hall–Kier alpha value is -2.33. The zero-order chi connectivity index (χ0) is 17.9. The fourth-order valence-electron chi connectivity index (χ4n) is 2.68. The van der Waals surface area contributed by atoms with Crippen molar-refractivity contribution in [3.63, 3.8) is 0 Å². The lowest BCUT2D eigenvalue weighted by Crippen LogP contribution is -1.89. The van der Waals surface area contributed by atoms with Gasteiger partial charge in [-0.05, 0) is 29.3 Å². The molecule has 4 rings (SSSR count). The highest BCUT2D eigenvalue weighted by atomic mass is 35.5. The average molecular weight is 397 g/mol. The van der Waals surface area contributed by atoms with E-state index in [4.69, 9.17) is 23.2 Å². The Morgan fingerprint density at radius 2 is 1.35 bits per heavy atom. The molecule has 3 aromatic carbocycles. The fraction of sp³-hybridized carbons (Fsp3) is 0. The predicted molar refractivity (Wildman–Crippen MR) is 113 cm³/mol. The summed E-state index contributed by atoms with van der Waals surface area (Å²) < 4.78 is 0. The van der Waals surface area contributed by atoms with E-state index < -0.39 is 0 Å². The van der Waals surface area contributed by atoms with Gasteiger partial charge in [-0.1, -0.05) is 77.8 Å². The molecule has 0 amide bonds. The Bertz CT molecular complexity index is 1010. The molecule has 0 unspecified atom stereocenters. The van der Waals surface area contributed by atoms with Gasteiger partial charge in [0, 0.05) is 26.7 Å². The summed E-state index contributed by atoms with van der Waals surface area (Å²) in [6.07, 6.45) is 0. The van der Waals surface area contributed by atoms with Crippen molar-refractivity contribution in [1.82, 2.24) is 4.98 Å². The van der Waals surface area contributed by atoms with Crippen molar-refractivity contribution in [3.8, 4) is 22.4 Å². The molecule has 0 bridgehead atoms. The van der Waals surface area contributed by atoms with Crippen LogP contribution in [0.15, 0.2) is 78.2 Å². The number of nitrogens with zero attached hydrogens (tertiary/aromatic N) is 1. The highest BCUT2D eigenvalue weighted by Gasteiger charge is 2.07. The van der Waals surface area contributed by atoms with Gasteiger partial charge in [-0.3, -0.25) is 0 Å². The minimum absolute atomic E-state index is 0.591. The molecule has 5 heteroatoms. The second-order valence-corrected chi connectivity index (χ2v) is 7.50. The summed E-state index contributed by atoms with van der Waals surface area (Å²) in [7, 11) is 0. The third-order valence-corrected chi connectivity index (χ3v) is 5.10. The number of rotatable bonds is 4. The smallest absolute Gasteiger partial charge is 0.187 e. The molecule has 0 atom stereocenters. The second-order valence-electron chi connectivity index (χ2n) is 5.76. The van der Waals surface area contributed by atoms with Gasteiger partial charge >= 0.3 is 0 Å². The third kappa shape index (κ3) is 3.91. The first-order valence-electron chi connectivity index (χ1n) is 8.02. The Balaban J connectivity index is 1.54. The molecular formula is C21H14Cl2N2S. The van der Waals surface area contributed by atoms with E-state index in [1.54, 1.807) is 17.4 Å². The van der Waals surface area contributed by atoms with Gasteiger partial charge in [0.15, 0.2) is 5.13 Å². The van der Waals surface area contributed by atoms with E-state index in [1.807, 2.05) is 35.7 Å². The molecule has 26 heavy (non-hydrogen) atoms. The van der Waals surface area contributed by atoms with Crippen LogP contribution in [0.2, 0.25) is 10.0 Å². The SMILES string of the molecule is Clc1cc(Cl)cc(Nc2nc(-c3ccc(-c4ccccc4)cc3)cs2)c1. The fourth-order valence-corrected chi connectivity index (χ4v) is 3.94. The van der Waals surface area contributed by atoms with Crippen LogP contribution >= 0.6 is 34.5 Å². The van der Waals surface area contributed by atoms with Crippen LogP contribution in [0.5, 0.6) is 0 Å². The monoisotopic (exact) mass is 396 g/mol. The van der Waals surface area contributed by atoms with Gasteiger partial charge in [-0.2, -0.15) is 0 Å². The number of thiazole rings is 1. The van der Waals surface area contributed by atoms with E-state index in [0.717, 1.165) is 22.1 Å². The molecule has 0 fully saturated rings. The molecule has 0 saturated heterocycles. The zero-order valence-electron chi connectivity index (χ0n) is 13.6. The quantitative estimate of drug-likeness (QED) is 0.385. The van der Waals surface area contributed by atoms with Crippen molar-refractivity contribution in [3.05, 3.63) is 88.2 Å². The van der Waals surface area contributed by atoms with E-state index >= 15 is 0 Å². The first-order valence-corrected chi connectivity index (χ1v) is 9.65. The van der Waals surface area contributed by atoms with E-state index in [0.29, 0.717) is 10.0 Å². The van der Waals surface area contributed by atoms with Gasteiger partial charge in [-0.25, -0.2) is 4.98 Å². The number of halogens is 2. The molecule has 1 heterocycles. The topological polar surface area (TPSA) is 24.9 Å². The maximum atomic E-state index is 6.04. The molecule has 0 radical (unpaired) electrons. The summed E-state index contributed by atoms with van der Waals surface area (Å²) in [4.78, 5) is 4.66. The normalized spacial score (nSPS) is 10.7. The molecule has 0 spiro atoms. The third-order valence-electron chi connectivity index (χ3n) is 3.91. The summed E-state index contributed by atoms with van der Waals surface area (Å²) in [5.41, 5.74) is 5.24. The lowest BCUT2D eigenvalue weighted by Gasteiger charge is -2.04. The Morgan fingerprint density at radius 3 is 2.04 bits per heavy atom. The molecule has 0 saturated carbocycles. The standard InChI is InChI=1S/C21H14Cl2N2S/c22-17-10-18(23)12-19(11-17)24-21-25-20(13-26-21)16-8-6-15(7-9-16)14-4-2-1-3-5-14/h1-13H,(H,24,25). The maximum absolute atomic E-state index is 6.04. The predicted octanol–water partition coefficient (Wildman–Crippen LogP) is 7.53. The van der Waals surface area contributed by atoms with Crippen molar-refractivity contribution >= 4 is 45.4 Å². The first-order chi connectivity index (χ1) is 12.7. The molecule has 1 aromatic heterocycles. The van der Waals surface area contributed by atoms with Crippen molar-refractivity contribution in [1.29, 1.82) is 0 Å². The molecule has 4 aromatic rings. The molecular weight excluding hydrogens is 383 g/mol. The van der Waals surface area contributed by atoms with Gasteiger partial charge in [0.1, 0.15) is 0 Å². The van der Waals surface area contributed by atoms with E-state index in [-0.39, 0.29) is 0 Å². The van der Waals surface area contributed by atoms with Crippen LogP contribution in [0.4, 0.5) is 10.8 Å². The second kappa shape index (κ2) is 7.50. The molecule has 2 nitrogen and oxygen atoms in total. The van der Waals surface area contributed by atoms with Crippen LogP contribution in [0.3, 0.4) is 0 Å². The summed E-state index contributed by atoms with van der Waals surface area (Å²) in [5.74, 6) is 0. The Labute approximate surface area is 166 Å². The van der Waals surface area contributed by atoms with Crippen molar-refractivity contribution < 1.29 is 0 Å². The lowest BCUT2D eigenvalue weighted by atomic mass is 10.0. The van der Waals surface area contributed by atoms with E-state index in [2.05, 4.69) is 46.7 Å². The number of benzene rings is 3. The molecule has 0 aliphatic carbocycles. The van der Waals surface area contributed by atoms with Gasteiger partial charge in [0.25, 0.3) is 0 Å². The van der Waals surface area contributed by atoms with Gasteiger partial charge < -0.3 is 5.32 Å². The number of nitrogens with one attached hydrogen (secondary N) is 1. The average Bonchev–Trinajstić information content (AvgIpc) is 3.10. The minimum Gasteiger partial charge on any atom is -0.331 e. The molecule has 0 aliphatic rings. The van der Waals surface area contributed by atoms with E-state index in [9.17, 15) is 0 Å². The zero-order valence-corrected chi connectivity index (χ0v) is 15.9. The van der Waals surface area contributed by atoms with Crippen LogP contribution in [0.25, 0.3) is 22.4 Å². The summed E-state index contributed by atoms with van der Waals surface area (Å²) in [6.45, 7) is 0. The number of anilines is 2. The number of aromatic nitrogens is 1. The largest absolute Gasteiger partial charge is 0.331 e. The van der Waals surface area contributed by atoms with Crippen molar-refractivity contribution in [2.75, 3.05) is 5.32 Å². The highest BCUT2D eigenvalue weighted by Crippen LogP contribution is 2.30. The van der Waals surface area contributed by atoms with Gasteiger partial charge in [-0.15, -0.1) is 11.3 Å². The minimum atomic E-state index is 0.591. The van der Waals surface area contributed by atoms with Crippen LogP contribution < -0.4 is 5.32 Å². The highest BCUT2D eigenvalue weighted by molar-refractivity contribution is 7.14. The number of hydrogen-bond donors (Lipinski definition) is 1. The van der Waals surface area contributed by atoms with Crippen LogP contribution in [-0.2, 0) is 0 Å². The summed E-state index contributed by atoms with van der Waals surface area (Å²) >= 11 is 13.6. The van der Waals surface area contributed by atoms with Crippen molar-refractivity contribution in [2.45, 2.75) is 0 Å². The summed E-state index contributed by atoms with van der Waals surface area (Å²) in [6, 6.07) is 24.1. The first kappa shape index (κ1) is 17.1. The summed E-state index contributed by atoms with van der Waals surface area (Å²) in [5, 5.41) is 7.26. The van der Waals surface area contributed by atoms with E-state index in [1.165, 1.54) is 11.1 Å². The Morgan fingerprint density at radius 1 is 0.731 bits per heavy atom. The molecule has 1 N–H and O–H groups in total. The van der Waals surface area contributed by atoms with Crippen LogP contribution in [0, 0.1) is 0 Å². The van der Waals surface area contributed by atoms with Crippen LogP contribution in [-0.4, -0.2) is 4.98 Å². The van der Waals surface area contributed by atoms with Crippen LogP contribution in [0.1, 0.15) is 0 Å². The molecule has 128 valence electrons. The lowest BCUT2D eigenvalue weighted by molar-refractivity contribution is 1.38. The van der Waals surface area contributed by atoms with Gasteiger partial charge in [0.2, 0.25) is 0 Å². The van der Waals surface area contributed by atoms with Crippen molar-refractivity contribution in [2.24, 2.45) is 0 Å². The maximum Gasteiger partial charge on any atom is 0.187 e. The Kier molecular flexibility index (Phi) is 4.93. The van der Waals surface area contributed by atoms with Gasteiger partial charge in [0.05, 0.1) is 5.69 Å². The molecule has 0 aliphatic heterocycles. The number of hydrogen-bond acceptors (Lipinski definition) is 3.